The van der Waals surface area contributed by atoms with Crippen LogP contribution >= 0.6 is 0 Å². The summed E-state index contributed by atoms with van der Waals surface area (Å²) in [6.07, 6.45) is -0.455. The molecule has 0 aromatic rings. The van der Waals surface area contributed by atoms with Gasteiger partial charge in [0.25, 0.3) is 0 Å². The fourth-order valence-corrected chi connectivity index (χ4v) is 2.28. The Labute approximate surface area is 221 Å². The first-order valence-corrected chi connectivity index (χ1v) is 12.6. The second kappa shape index (κ2) is 24.5. The molecule has 0 unspecified atom stereocenters. The van der Waals surface area contributed by atoms with E-state index in [9.17, 15) is 9.59 Å². The van der Waals surface area contributed by atoms with Crippen LogP contribution in [-0.4, -0.2) is 123 Å². The van der Waals surface area contributed by atoms with E-state index in [0.717, 1.165) is 0 Å². The van der Waals surface area contributed by atoms with E-state index in [1.165, 1.54) is 0 Å². The second-order valence-electron chi connectivity index (χ2n) is 8.63. The number of ether oxygens (including phenoxy) is 9. The summed E-state index contributed by atoms with van der Waals surface area (Å²) in [7, 11) is 0. The fraction of sp³-hybridized carbons (Fsp3) is 0.840. The molecule has 218 valence electrons. The highest BCUT2D eigenvalue weighted by molar-refractivity contribution is 5.86. The molecule has 0 atom stereocenters. The third-order valence-electron chi connectivity index (χ3n) is 3.96. The second-order valence-corrected chi connectivity index (χ2v) is 8.63. The first-order chi connectivity index (χ1) is 17.7. The summed E-state index contributed by atoms with van der Waals surface area (Å²) in [5.74, 6) is -0.416. The Kier molecular flexibility index (Phi) is 23.3. The average Bonchev–Trinajstić information content (AvgIpc) is 2.82. The van der Waals surface area contributed by atoms with Crippen molar-refractivity contribution in [3.8, 4) is 0 Å². The number of carbonyl (C=O) groups is 2. The van der Waals surface area contributed by atoms with Gasteiger partial charge in [0.2, 0.25) is 0 Å². The molecular formula is C25H47NO11. The lowest BCUT2D eigenvalue weighted by atomic mass is 10.2. The van der Waals surface area contributed by atoms with Crippen molar-refractivity contribution in [2.75, 3.05) is 106 Å². The molecule has 1 N–H and O–H groups in total. The van der Waals surface area contributed by atoms with Crippen LogP contribution in [0.4, 0.5) is 4.79 Å². The average molecular weight is 538 g/mol. The van der Waals surface area contributed by atoms with E-state index in [0.29, 0.717) is 105 Å². The van der Waals surface area contributed by atoms with Crippen molar-refractivity contribution < 1.29 is 52.2 Å². The van der Waals surface area contributed by atoms with Gasteiger partial charge in [0.1, 0.15) is 12.2 Å². The number of carbonyl (C=O) groups excluding carboxylic acids is 2. The quantitative estimate of drug-likeness (QED) is 0.104. The molecule has 0 spiro atoms. The van der Waals surface area contributed by atoms with Gasteiger partial charge in [-0.15, -0.1) is 0 Å². The maximum atomic E-state index is 11.4. The molecule has 12 nitrogen and oxygen atoms in total. The van der Waals surface area contributed by atoms with Gasteiger partial charge in [-0.1, -0.05) is 6.58 Å². The van der Waals surface area contributed by atoms with E-state index in [1.807, 2.05) is 20.8 Å². The van der Waals surface area contributed by atoms with Gasteiger partial charge < -0.3 is 47.9 Å². The Hall–Kier alpha value is -1.80. The topological polar surface area (TPSA) is 129 Å². The van der Waals surface area contributed by atoms with Crippen LogP contribution in [0.5, 0.6) is 0 Å². The van der Waals surface area contributed by atoms with E-state index >= 15 is 0 Å². The Morgan fingerprint density at radius 3 is 1.24 bits per heavy atom. The molecule has 0 aliphatic rings. The smallest absolute Gasteiger partial charge is 0.407 e. The van der Waals surface area contributed by atoms with Crippen LogP contribution in [0.1, 0.15) is 27.7 Å². The predicted molar refractivity (Wildman–Crippen MR) is 136 cm³/mol. The van der Waals surface area contributed by atoms with Crippen molar-refractivity contribution in [2.24, 2.45) is 0 Å². The van der Waals surface area contributed by atoms with Crippen LogP contribution in [0.15, 0.2) is 12.2 Å². The fourth-order valence-electron chi connectivity index (χ4n) is 2.28. The number of amides is 1. The molecule has 1 amide bonds. The maximum absolute atomic E-state index is 11.4. The highest BCUT2D eigenvalue weighted by atomic mass is 16.6. The Morgan fingerprint density at radius 1 is 0.595 bits per heavy atom. The summed E-state index contributed by atoms with van der Waals surface area (Å²) in [5.41, 5.74) is -0.144. The van der Waals surface area contributed by atoms with Crippen LogP contribution in [0.25, 0.3) is 0 Å². The molecule has 0 rings (SSSR count). The predicted octanol–water partition coefficient (Wildman–Crippen LogP) is 1.75. The monoisotopic (exact) mass is 537 g/mol. The molecule has 37 heavy (non-hydrogen) atoms. The number of nitrogens with one attached hydrogen (secondary N) is 1. The van der Waals surface area contributed by atoms with Crippen LogP contribution in [0.2, 0.25) is 0 Å². The zero-order valence-corrected chi connectivity index (χ0v) is 23.0. The van der Waals surface area contributed by atoms with Crippen molar-refractivity contribution in [3.63, 3.8) is 0 Å². The molecule has 12 heteroatoms. The minimum absolute atomic E-state index is 0.197. The van der Waals surface area contributed by atoms with Gasteiger partial charge in [-0.25, -0.2) is 9.59 Å². The first kappa shape index (κ1) is 35.2. The lowest BCUT2D eigenvalue weighted by molar-refractivity contribution is -0.140. The zero-order chi connectivity index (χ0) is 27.6. The van der Waals surface area contributed by atoms with Crippen molar-refractivity contribution in [1.29, 1.82) is 0 Å². The maximum Gasteiger partial charge on any atom is 0.407 e. The molecule has 0 aromatic carbocycles. The lowest BCUT2D eigenvalue weighted by Gasteiger charge is -2.19. The minimum Gasteiger partial charge on any atom is -0.460 e. The van der Waals surface area contributed by atoms with Gasteiger partial charge in [-0.2, -0.15) is 0 Å². The van der Waals surface area contributed by atoms with E-state index < -0.39 is 17.7 Å². The summed E-state index contributed by atoms with van der Waals surface area (Å²) in [4.78, 5) is 22.6. The van der Waals surface area contributed by atoms with Crippen molar-refractivity contribution in [3.05, 3.63) is 12.2 Å². The number of hydrogen-bond donors (Lipinski definition) is 1. The standard InChI is InChI=1S/C25H47NO11/c1-22(2)23(27)36-21-20-35-19-18-34-17-16-33-15-14-32-13-12-31-11-10-30-9-8-29-7-6-26-24(28)37-25(3,4)5/h1,6-21H2,2-5H3,(H,26,28). The van der Waals surface area contributed by atoms with Gasteiger partial charge in [-0.05, 0) is 27.7 Å². The number of hydrogen-bond acceptors (Lipinski definition) is 11. The van der Waals surface area contributed by atoms with Gasteiger partial charge in [0, 0.05) is 12.1 Å². The molecule has 0 aromatic heterocycles. The summed E-state index contributed by atoms with van der Waals surface area (Å²) in [5, 5.41) is 2.62. The Bertz CT molecular complexity index is 581. The largest absolute Gasteiger partial charge is 0.460 e. The summed E-state index contributed by atoms with van der Waals surface area (Å²) < 4.78 is 47.7. The number of rotatable bonds is 25. The molecule has 0 aliphatic heterocycles. The molecule has 0 fully saturated rings. The van der Waals surface area contributed by atoms with E-state index in [2.05, 4.69) is 11.9 Å². The van der Waals surface area contributed by atoms with E-state index in [4.69, 9.17) is 42.6 Å². The van der Waals surface area contributed by atoms with Crippen LogP contribution in [-0.2, 0) is 47.4 Å². The van der Waals surface area contributed by atoms with Crippen LogP contribution in [0, 0.1) is 0 Å². The zero-order valence-electron chi connectivity index (χ0n) is 23.0. The van der Waals surface area contributed by atoms with Gasteiger partial charge in [-0.3, -0.25) is 0 Å². The summed E-state index contributed by atoms with van der Waals surface area (Å²) in [6, 6.07) is 0. The number of esters is 1. The Balaban J connectivity index is 3.14. The van der Waals surface area contributed by atoms with Gasteiger partial charge in [0.05, 0.1) is 92.5 Å². The SMILES string of the molecule is C=C(C)C(=O)OCCOCCOCCOCCOCCOCCOCCOCCNC(=O)OC(C)(C)C. The molecule has 0 bridgehead atoms. The molecule has 0 radical (unpaired) electrons. The Morgan fingerprint density at radius 2 is 0.919 bits per heavy atom. The number of alkyl carbamates (subject to hydrolysis) is 1. The highest BCUT2D eigenvalue weighted by Gasteiger charge is 2.15. The third-order valence-corrected chi connectivity index (χ3v) is 3.96. The van der Waals surface area contributed by atoms with Crippen LogP contribution in [0.3, 0.4) is 0 Å². The van der Waals surface area contributed by atoms with Crippen molar-refractivity contribution in [2.45, 2.75) is 33.3 Å². The summed E-state index contributed by atoms with van der Waals surface area (Å²) >= 11 is 0. The minimum atomic E-state index is -0.511. The molecular weight excluding hydrogens is 490 g/mol. The summed E-state index contributed by atoms with van der Waals surface area (Å²) in [6.45, 7) is 17.3. The normalized spacial score (nSPS) is 11.4. The van der Waals surface area contributed by atoms with E-state index in [1.54, 1.807) is 6.92 Å². The molecule has 0 saturated heterocycles. The van der Waals surface area contributed by atoms with Crippen molar-refractivity contribution >= 4 is 12.1 Å². The first-order valence-electron chi connectivity index (χ1n) is 12.6. The third kappa shape index (κ3) is 28.6. The molecule has 0 aliphatic carbocycles. The lowest BCUT2D eigenvalue weighted by Crippen LogP contribution is -2.34. The highest BCUT2D eigenvalue weighted by Crippen LogP contribution is 2.06. The van der Waals surface area contributed by atoms with Crippen molar-refractivity contribution in [1.82, 2.24) is 5.32 Å². The van der Waals surface area contributed by atoms with Gasteiger partial charge >= 0.3 is 12.1 Å². The van der Waals surface area contributed by atoms with E-state index in [-0.39, 0.29) is 6.61 Å². The van der Waals surface area contributed by atoms with Crippen LogP contribution < -0.4 is 5.32 Å². The molecule has 0 saturated carbocycles. The molecule has 0 heterocycles. The van der Waals surface area contributed by atoms with Gasteiger partial charge in [0.15, 0.2) is 0 Å².